The van der Waals surface area contributed by atoms with Gasteiger partial charge in [0, 0.05) is 0 Å². The lowest BCUT2D eigenvalue weighted by atomic mass is 10.1. The molecule has 0 bridgehead atoms. The lowest BCUT2D eigenvalue weighted by Crippen LogP contribution is -1.99. The quantitative estimate of drug-likeness (QED) is 0.878. The van der Waals surface area contributed by atoms with E-state index in [0.717, 1.165) is 0 Å². The normalized spacial score (nSPS) is 9.30. The molecule has 0 aliphatic heterocycles. The first kappa shape index (κ1) is 15.4. The summed E-state index contributed by atoms with van der Waals surface area (Å²) >= 11 is 0. The predicted molar refractivity (Wildman–Crippen MR) is 76.3 cm³/mol. The number of hydrogen-bond donors (Lipinski definition) is 2. The first-order chi connectivity index (χ1) is 9.40. The van der Waals surface area contributed by atoms with E-state index in [4.69, 9.17) is 10.2 Å². The van der Waals surface area contributed by atoms with Crippen molar-refractivity contribution in [3.63, 3.8) is 0 Å². The van der Waals surface area contributed by atoms with Gasteiger partial charge in [-0.25, -0.2) is 9.59 Å². The first-order valence-electron chi connectivity index (χ1n) is 6.00. The molecule has 2 aromatic carbocycles. The molecule has 0 atom stereocenters. The Hall–Kier alpha value is -2.62. The molecular formula is C16H16O4. The Bertz CT molecular complexity index is 550. The Morgan fingerprint density at radius 2 is 1.10 bits per heavy atom. The van der Waals surface area contributed by atoms with Gasteiger partial charge in [0.2, 0.25) is 0 Å². The summed E-state index contributed by atoms with van der Waals surface area (Å²) in [5.74, 6) is -2.13. The van der Waals surface area contributed by atoms with Gasteiger partial charge in [0.15, 0.2) is 0 Å². The van der Waals surface area contributed by atoms with Crippen LogP contribution in [0.1, 0.15) is 31.8 Å². The minimum atomic E-state index is -1.06. The molecule has 0 aliphatic rings. The minimum Gasteiger partial charge on any atom is -0.478 e. The second-order valence-electron chi connectivity index (χ2n) is 4.35. The largest absolute Gasteiger partial charge is 0.478 e. The molecule has 0 radical (unpaired) electrons. The Kier molecular flexibility index (Phi) is 5.47. The van der Waals surface area contributed by atoms with E-state index >= 15 is 0 Å². The summed E-state index contributed by atoms with van der Waals surface area (Å²) in [6, 6.07) is 13.5. The predicted octanol–water partition coefficient (Wildman–Crippen LogP) is 3.39. The summed E-state index contributed by atoms with van der Waals surface area (Å²) < 4.78 is 0. The van der Waals surface area contributed by atoms with E-state index in [-0.39, 0.29) is 11.1 Å². The molecule has 0 spiro atoms. The SMILES string of the molecule is Cc1cccc(C)c1.O=C(O)c1ccc(C(=O)O)cc1. The van der Waals surface area contributed by atoms with Crippen LogP contribution in [0.3, 0.4) is 0 Å². The first-order valence-corrected chi connectivity index (χ1v) is 6.00. The molecule has 0 heterocycles. The van der Waals surface area contributed by atoms with E-state index in [1.165, 1.54) is 35.4 Å². The monoisotopic (exact) mass is 272 g/mol. The Balaban J connectivity index is 0.000000217. The second kappa shape index (κ2) is 7.09. The number of aromatic carboxylic acids is 2. The maximum absolute atomic E-state index is 10.3. The number of benzene rings is 2. The van der Waals surface area contributed by atoms with Crippen LogP contribution in [0, 0.1) is 13.8 Å². The molecule has 0 aliphatic carbocycles. The van der Waals surface area contributed by atoms with Crippen molar-refractivity contribution in [2.75, 3.05) is 0 Å². The van der Waals surface area contributed by atoms with E-state index in [9.17, 15) is 9.59 Å². The van der Waals surface area contributed by atoms with E-state index in [1.54, 1.807) is 0 Å². The summed E-state index contributed by atoms with van der Waals surface area (Å²) in [6.45, 7) is 4.21. The van der Waals surface area contributed by atoms with Crippen LogP contribution >= 0.6 is 0 Å². The zero-order chi connectivity index (χ0) is 15.1. The third kappa shape index (κ3) is 4.94. The van der Waals surface area contributed by atoms with E-state index in [1.807, 2.05) is 0 Å². The molecule has 4 heteroatoms. The molecule has 104 valence electrons. The Labute approximate surface area is 117 Å². The maximum atomic E-state index is 10.3. The molecule has 2 aromatic rings. The number of hydrogen-bond acceptors (Lipinski definition) is 2. The van der Waals surface area contributed by atoms with Gasteiger partial charge in [0.1, 0.15) is 0 Å². The highest BCUT2D eigenvalue weighted by Gasteiger charge is 2.04. The molecule has 0 amide bonds. The average molecular weight is 272 g/mol. The highest BCUT2D eigenvalue weighted by molar-refractivity contribution is 5.91. The van der Waals surface area contributed by atoms with Crippen molar-refractivity contribution in [1.29, 1.82) is 0 Å². The fourth-order valence-corrected chi connectivity index (χ4v) is 1.56. The minimum absolute atomic E-state index is 0.0833. The lowest BCUT2D eigenvalue weighted by Gasteiger charge is -1.94. The fourth-order valence-electron chi connectivity index (χ4n) is 1.56. The maximum Gasteiger partial charge on any atom is 0.335 e. The molecular weight excluding hydrogens is 256 g/mol. The van der Waals surface area contributed by atoms with Crippen LogP contribution in [0.2, 0.25) is 0 Å². The van der Waals surface area contributed by atoms with Crippen LogP contribution in [-0.4, -0.2) is 22.2 Å². The van der Waals surface area contributed by atoms with Gasteiger partial charge in [-0.1, -0.05) is 35.4 Å². The highest BCUT2D eigenvalue weighted by atomic mass is 16.4. The van der Waals surface area contributed by atoms with Crippen molar-refractivity contribution >= 4 is 11.9 Å². The smallest absolute Gasteiger partial charge is 0.335 e. The summed E-state index contributed by atoms with van der Waals surface area (Å²) in [5, 5.41) is 16.9. The number of carboxylic acid groups (broad SMARTS) is 2. The van der Waals surface area contributed by atoms with Crippen LogP contribution in [0.25, 0.3) is 0 Å². The second-order valence-corrected chi connectivity index (χ2v) is 4.35. The van der Waals surface area contributed by atoms with Crippen molar-refractivity contribution in [2.24, 2.45) is 0 Å². The van der Waals surface area contributed by atoms with Crippen molar-refractivity contribution in [1.82, 2.24) is 0 Å². The third-order valence-corrected chi connectivity index (χ3v) is 2.55. The van der Waals surface area contributed by atoms with Crippen LogP contribution in [0.4, 0.5) is 0 Å². The zero-order valence-corrected chi connectivity index (χ0v) is 11.3. The Morgan fingerprint density at radius 1 is 0.750 bits per heavy atom. The molecule has 0 saturated carbocycles. The molecule has 2 N–H and O–H groups in total. The number of carbonyl (C=O) groups is 2. The number of aryl methyl sites for hydroxylation is 2. The van der Waals surface area contributed by atoms with Crippen LogP contribution in [0.5, 0.6) is 0 Å². The topological polar surface area (TPSA) is 74.6 Å². The number of rotatable bonds is 2. The van der Waals surface area contributed by atoms with Gasteiger partial charge < -0.3 is 10.2 Å². The van der Waals surface area contributed by atoms with Gasteiger partial charge in [0.05, 0.1) is 11.1 Å². The average Bonchev–Trinajstić information content (AvgIpc) is 2.39. The molecule has 0 aromatic heterocycles. The highest BCUT2D eigenvalue weighted by Crippen LogP contribution is 2.03. The summed E-state index contributed by atoms with van der Waals surface area (Å²) in [4.78, 5) is 20.7. The lowest BCUT2D eigenvalue weighted by molar-refractivity contribution is 0.0681. The summed E-state index contributed by atoms with van der Waals surface area (Å²) in [7, 11) is 0. The third-order valence-electron chi connectivity index (χ3n) is 2.55. The molecule has 0 saturated heterocycles. The van der Waals surface area contributed by atoms with Gasteiger partial charge in [0.25, 0.3) is 0 Å². The molecule has 0 fully saturated rings. The van der Waals surface area contributed by atoms with Crippen molar-refractivity contribution in [3.8, 4) is 0 Å². The number of carboxylic acids is 2. The van der Waals surface area contributed by atoms with Gasteiger partial charge in [-0.05, 0) is 38.1 Å². The van der Waals surface area contributed by atoms with E-state index < -0.39 is 11.9 Å². The van der Waals surface area contributed by atoms with Crippen LogP contribution in [0.15, 0.2) is 48.5 Å². The van der Waals surface area contributed by atoms with Crippen molar-refractivity contribution in [3.05, 3.63) is 70.8 Å². The van der Waals surface area contributed by atoms with Crippen LogP contribution in [-0.2, 0) is 0 Å². The van der Waals surface area contributed by atoms with Gasteiger partial charge in [-0.15, -0.1) is 0 Å². The van der Waals surface area contributed by atoms with Crippen molar-refractivity contribution in [2.45, 2.75) is 13.8 Å². The summed E-state index contributed by atoms with van der Waals surface area (Å²) in [6.07, 6.45) is 0. The van der Waals surface area contributed by atoms with E-state index in [0.29, 0.717) is 0 Å². The molecule has 2 rings (SSSR count). The van der Waals surface area contributed by atoms with Gasteiger partial charge in [-0.3, -0.25) is 0 Å². The molecule has 20 heavy (non-hydrogen) atoms. The van der Waals surface area contributed by atoms with Gasteiger partial charge in [-0.2, -0.15) is 0 Å². The zero-order valence-electron chi connectivity index (χ0n) is 11.3. The fraction of sp³-hybridized carbons (Fsp3) is 0.125. The van der Waals surface area contributed by atoms with E-state index in [2.05, 4.69) is 38.1 Å². The molecule has 0 unspecified atom stereocenters. The standard InChI is InChI=1S/C8H6O4.C8H10/c9-7(10)5-1-2-6(4-3-5)8(11)12;1-7-4-3-5-8(2)6-7/h1-4H,(H,9,10)(H,11,12);3-6H,1-2H3. The van der Waals surface area contributed by atoms with Crippen molar-refractivity contribution < 1.29 is 19.8 Å². The Morgan fingerprint density at radius 3 is 1.30 bits per heavy atom. The van der Waals surface area contributed by atoms with Gasteiger partial charge >= 0.3 is 11.9 Å². The molecule has 4 nitrogen and oxygen atoms in total. The van der Waals surface area contributed by atoms with Crippen LogP contribution < -0.4 is 0 Å². The summed E-state index contributed by atoms with van der Waals surface area (Å²) in [5.41, 5.74) is 2.84.